The van der Waals surface area contributed by atoms with Crippen LogP contribution in [-0.2, 0) is 30.3 Å². The van der Waals surface area contributed by atoms with Crippen LogP contribution in [0.4, 0.5) is 4.79 Å². The summed E-state index contributed by atoms with van der Waals surface area (Å²) in [5.41, 5.74) is 0.377. The minimum atomic E-state index is -0.546. The third-order valence-electron chi connectivity index (χ3n) is 7.77. The smallest absolute Gasteiger partial charge is 0.407 e. The van der Waals surface area contributed by atoms with Crippen molar-refractivity contribution in [3.63, 3.8) is 0 Å². The Balaban J connectivity index is 1.58. The fraction of sp³-hybridized carbons (Fsp3) is 0.529. The minimum absolute atomic E-state index is 0.0242. The van der Waals surface area contributed by atoms with E-state index in [1.165, 1.54) is 0 Å². The number of hydrogen-bond donors (Lipinski definition) is 1. The molecule has 0 heterocycles. The van der Waals surface area contributed by atoms with Gasteiger partial charge < -0.3 is 33.7 Å². The van der Waals surface area contributed by atoms with Gasteiger partial charge in [0, 0.05) is 20.1 Å². The van der Waals surface area contributed by atoms with Crippen molar-refractivity contribution in [2.45, 2.75) is 57.6 Å². The number of ketones is 1. The molecule has 43 heavy (non-hydrogen) atoms. The molecule has 9 heteroatoms. The van der Waals surface area contributed by atoms with Crippen molar-refractivity contribution in [3.8, 4) is 11.5 Å². The van der Waals surface area contributed by atoms with Gasteiger partial charge in [0.1, 0.15) is 24.9 Å². The van der Waals surface area contributed by atoms with E-state index in [1.807, 2.05) is 60.7 Å². The van der Waals surface area contributed by atoms with Gasteiger partial charge in [-0.3, -0.25) is 4.79 Å². The van der Waals surface area contributed by atoms with E-state index in [2.05, 4.69) is 12.2 Å². The van der Waals surface area contributed by atoms with Gasteiger partial charge in [-0.2, -0.15) is 0 Å². The van der Waals surface area contributed by atoms with Gasteiger partial charge in [0.25, 0.3) is 0 Å². The normalized spacial score (nSPS) is 18.8. The Labute approximate surface area is 255 Å². The van der Waals surface area contributed by atoms with Gasteiger partial charge in [-0.25, -0.2) is 4.79 Å². The van der Waals surface area contributed by atoms with Crippen LogP contribution in [0, 0.1) is 11.8 Å². The lowest BCUT2D eigenvalue weighted by molar-refractivity contribution is -0.115. The largest absolute Gasteiger partial charge is 0.497 e. The molecule has 3 rings (SSSR count). The number of methoxy groups -OCH3 is 2. The van der Waals surface area contributed by atoms with Crippen LogP contribution in [0.5, 0.6) is 11.5 Å². The maximum absolute atomic E-state index is 13.1. The third kappa shape index (κ3) is 12.0. The quantitative estimate of drug-likeness (QED) is 0.111. The zero-order chi connectivity index (χ0) is 30.8. The lowest BCUT2D eigenvalue weighted by atomic mass is 9.76. The number of ether oxygens (including phenoxy) is 6. The highest BCUT2D eigenvalue weighted by Crippen LogP contribution is 2.43. The molecule has 236 valence electrons. The van der Waals surface area contributed by atoms with Crippen molar-refractivity contribution >= 4 is 11.9 Å². The molecule has 3 atom stereocenters. The number of amides is 1. The van der Waals surface area contributed by atoms with Crippen LogP contribution in [0.25, 0.3) is 0 Å². The van der Waals surface area contributed by atoms with Gasteiger partial charge in [0.2, 0.25) is 0 Å². The molecular formula is C34H47NO8. The highest BCUT2D eigenvalue weighted by molar-refractivity contribution is 5.89. The zero-order valence-corrected chi connectivity index (χ0v) is 25.8. The summed E-state index contributed by atoms with van der Waals surface area (Å²) in [6, 6.07) is 17.1. The van der Waals surface area contributed by atoms with Crippen molar-refractivity contribution < 1.29 is 38.0 Å². The SMILES string of the molecule is COCCOCOCCCC(=O)/C=C/C[C@@]1(NC(=O)OCc2ccccc2)CCC[C@@H]1[C@@H](C)COc1ccc(OC)cc1. The predicted octanol–water partition coefficient (Wildman–Crippen LogP) is 6.11. The average Bonchev–Trinajstić information content (AvgIpc) is 3.44. The summed E-state index contributed by atoms with van der Waals surface area (Å²) in [5, 5.41) is 3.22. The molecule has 0 unspecified atom stereocenters. The number of allylic oxidation sites excluding steroid dienone is 1. The standard InChI is InChI=1S/C34H47NO8/c1-27(24-42-31-17-15-30(39-3)16-18-31)32-14-8-20-34(32,35-33(37)43-25-28-10-5-4-6-11-28)19-7-12-29(36)13-9-21-40-26-41-23-22-38-2/h4-7,10-12,15-18,27,32H,8-9,13-14,19-26H2,1-3H3,(H,35,37)/b12-7+/t27-,32+,34+/m0/s1. The molecule has 1 N–H and O–H groups in total. The van der Waals surface area contributed by atoms with Gasteiger partial charge in [0.15, 0.2) is 5.78 Å². The molecule has 1 amide bonds. The number of benzene rings is 2. The van der Waals surface area contributed by atoms with E-state index in [1.54, 1.807) is 20.3 Å². The van der Waals surface area contributed by atoms with Crippen LogP contribution in [-0.4, -0.2) is 64.9 Å². The molecule has 2 aromatic carbocycles. The first-order chi connectivity index (χ1) is 21.0. The Bertz CT molecular complexity index is 1110. The highest BCUT2D eigenvalue weighted by Gasteiger charge is 2.46. The fourth-order valence-corrected chi connectivity index (χ4v) is 5.52. The molecular weight excluding hydrogens is 550 g/mol. The maximum atomic E-state index is 13.1. The molecule has 0 bridgehead atoms. The topological polar surface area (TPSA) is 102 Å². The number of alkyl carbamates (subject to hydrolysis) is 1. The second-order valence-corrected chi connectivity index (χ2v) is 10.9. The number of nitrogens with one attached hydrogen (secondary N) is 1. The van der Waals surface area contributed by atoms with E-state index in [0.29, 0.717) is 45.7 Å². The number of rotatable bonds is 20. The number of carbonyl (C=O) groups excluding carboxylic acids is 2. The molecule has 1 aliphatic rings. The van der Waals surface area contributed by atoms with E-state index in [-0.39, 0.29) is 31.0 Å². The van der Waals surface area contributed by atoms with E-state index >= 15 is 0 Å². The molecule has 1 fully saturated rings. The van der Waals surface area contributed by atoms with Crippen LogP contribution in [0.15, 0.2) is 66.7 Å². The summed E-state index contributed by atoms with van der Waals surface area (Å²) in [6.07, 6.45) is 7.27. The van der Waals surface area contributed by atoms with E-state index in [9.17, 15) is 9.59 Å². The van der Waals surface area contributed by atoms with Crippen LogP contribution < -0.4 is 14.8 Å². The Hall–Kier alpha value is -3.40. The van der Waals surface area contributed by atoms with Gasteiger partial charge in [-0.15, -0.1) is 0 Å². The first-order valence-electron chi connectivity index (χ1n) is 15.1. The Kier molecular flexibility index (Phi) is 15.1. The second-order valence-electron chi connectivity index (χ2n) is 10.9. The monoisotopic (exact) mass is 597 g/mol. The Morgan fingerprint density at radius 3 is 2.49 bits per heavy atom. The summed E-state index contributed by atoms with van der Waals surface area (Å²) < 4.78 is 32.6. The second kappa shape index (κ2) is 19.0. The van der Waals surface area contributed by atoms with Gasteiger partial charge in [0.05, 0.1) is 32.5 Å². The summed E-state index contributed by atoms with van der Waals surface area (Å²) in [7, 11) is 3.25. The molecule has 2 aromatic rings. The predicted molar refractivity (Wildman–Crippen MR) is 164 cm³/mol. The van der Waals surface area contributed by atoms with Crippen LogP contribution in [0.1, 0.15) is 51.0 Å². The van der Waals surface area contributed by atoms with Gasteiger partial charge >= 0.3 is 6.09 Å². The minimum Gasteiger partial charge on any atom is -0.497 e. The van der Waals surface area contributed by atoms with Crippen molar-refractivity contribution in [1.29, 1.82) is 0 Å². The molecule has 9 nitrogen and oxygen atoms in total. The van der Waals surface area contributed by atoms with Crippen LogP contribution in [0.3, 0.4) is 0 Å². The fourth-order valence-electron chi connectivity index (χ4n) is 5.52. The summed E-state index contributed by atoms with van der Waals surface area (Å²) in [6.45, 7) is 4.46. The zero-order valence-electron chi connectivity index (χ0n) is 25.8. The molecule has 0 saturated heterocycles. The summed E-state index contributed by atoms with van der Waals surface area (Å²) in [4.78, 5) is 25.6. The van der Waals surface area contributed by atoms with Crippen molar-refractivity contribution in [2.24, 2.45) is 11.8 Å². The van der Waals surface area contributed by atoms with Crippen molar-refractivity contribution in [3.05, 3.63) is 72.3 Å². The van der Waals surface area contributed by atoms with E-state index in [0.717, 1.165) is 36.3 Å². The van der Waals surface area contributed by atoms with Crippen LogP contribution in [0.2, 0.25) is 0 Å². The summed E-state index contributed by atoms with van der Waals surface area (Å²) >= 11 is 0. The number of hydrogen-bond acceptors (Lipinski definition) is 8. The van der Waals surface area contributed by atoms with Crippen molar-refractivity contribution in [2.75, 3.05) is 47.4 Å². The highest BCUT2D eigenvalue weighted by atomic mass is 16.7. The lowest BCUT2D eigenvalue weighted by Gasteiger charge is -2.38. The average molecular weight is 598 g/mol. The first kappa shape index (κ1) is 34.1. The molecule has 0 aromatic heterocycles. The van der Waals surface area contributed by atoms with Gasteiger partial charge in [-0.1, -0.05) is 49.8 Å². The summed E-state index contributed by atoms with van der Waals surface area (Å²) in [5.74, 6) is 1.85. The molecule has 0 radical (unpaired) electrons. The molecule has 1 aliphatic carbocycles. The molecule has 0 aliphatic heterocycles. The Morgan fingerprint density at radius 1 is 1.00 bits per heavy atom. The maximum Gasteiger partial charge on any atom is 0.407 e. The molecule has 0 spiro atoms. The van der Waals surface area contributed by atoms with Crippen LogP contribution >= 0.6 is 0 Å². The number of carbonyl (C=O) groups is 2. The van der Waals surface area contributed by atoms with E-state index in [4.69, 9.17) is 28.4 Å². The third-order valence-corrected chi connectivity index (χ3v) is 7.77. The Morgan fingerprint density at radius 2 is 1.74 bits per heavy atom. The van der Waals surface area contributed by atoms with Gasteiger partial charge in [-0.05, 0) is 73.4 Å². The molecule has 1 saturated carbocycles. The first-order valence-corrected chi connectivity index (χ1v) is 15.1. The van der Waals surface area contributed by atoms with E-state index < -0.39 is 11.6 Å². The van der Waals surface area contributed by atoms with Crippen molar-refractivity contribution in [1.82, 2.24) is 5.32 Å². The lowest BCUT2D eigenvalue weighted by Crippen LogP contribution is -2.53.